The summed E-state index contributed by atoms with van der Waals surface area (Å²) >= 11 is 0. The zero-order chi connectivity index (χ0) is 20.5. The quantitative estimate of drug-likeness (QED) is 0.655. The summed E-state index contributed by atoms with van der Waals surface area (Å²) in [5.41, 5.74) is 1.24. The number of esters is 1. The van der Waals surface area contributed by atoms with Gasteiger partial charge in [-0.15, -0.1) is 0 Å². The molecule has 28 heavy (non-hydrogen) atoms. The number of hydrogen-bond acceptors (Lipinski definition) is 5. The second kappa shape index (κ2) is 8.13. The minimum atomic E-state index is -3.94. The molecule has 1 saturated carbocycles. The lowest BCUT2D eigenvalue weighted by Gasteiger charge is -2.27. The van der Waals surface area contributed by atoms with Crippen LogP contribution in [0, 0.1) is 13.8 Å². The predicted octanol–water partition coefficient (Wildman–Crippen LogP) is 3.55. The fourth-order valence-electron chi connectivity index (χ4n) is 3.95. The maximum atomic E-state index is 13.8. The van der Waals surface area contributed by atoms with E-state index in [4.69, 9.17) is 9.15 Å². The smallest absolute Gasteiger partial charge is 0.341 e. The number of sulfonamides is 1. The molecule has 0 aromatic carbocycles. The Kier molecular flexibility index (Phi) is 6.00. The van der Waals surface area contributed by atoms with E-state index in [9.17, 15) is 13.2 Å². The molecule has 2 aromatic heterocycles. The van der Waals surface area contributed by atoms with Gasteiger partial charge in [-0.3, -0.25) is 0 Å². The van der Waals surface area contributed by atoms with E-state index in [1.54, 1.807) is 44.5 Å². The van der Waals surface area contributed by atoms with E-state index < -0.39 is 16.0 Å². The molecule has 0 N–H and O–H groups in total. The van der Waals surface area contributed by atoms with Crippen molar-refractivity contribution in [2.24, 2.45) is 7.05 Å². The van der Waals surface area contributed by atoms with E-state index in [1.807, 2.05) is 0 Å². The Morgan fingerprint density at radius 3 is 2.54 bits per heavy atom. The molecule has 154 valence electrons. The molecule has 0 bridgehead atoms. The third-order valence-electron chi connectivity index (χ3n) is 5.59. The van der Waals surface area contributed by atoms with E-state index >= 15 is 0 Å². The monoisotopic (exact) mass is 408 g/mol. The van der Waals surface area contributed by atoms with Crippen LogP contribution in [0.2, 0.25) is 0 Å². The number of carbonyl (C=O) groups is 1. The molecule has 3 rings (SSSR count). The van der Waals surface area contributed by atoms with Gasteiger partial charge in [0.25, 0.3) is 0 Å². The first-order valence-corrected chi connectivity index (χ1v) is 11.1. The molecule has 1 aliphatic carbocycles. The van der Waals surface area contributed by atoms with Gasteiger partial charge in [0.15, 0.2) is 0 Å². The molecule has 0 amide bonds. The van der Waals surface area contributed by atoms with E-state index in [0.29, 0.717) is 17.1 Å². The van der Waals surface area contributed by atoms with Crippen LogP contribution in [0.1, 0.15) is 60.1 Å². The summed E-state index contributed by atoms with van der Waals surface area (Å²) < 4.78 is 41.5. The maximum absolute atomic E-state index is 13.8. The second-order valence-electron chi connectivity index (χ2n) is 7.22. The van der Waals surface area contributed by atoms with Gasteiger partial charge < -0.3 is 13.7 Å². The standard InChI is InChI=1S/C20H28N2O5S/c1-5-26-20(23)18-14(2)21(4)15(3)19(18)28(24,25)22(16-9-6-7-10-16)13-17-11-8-12-27-17/h8,11-12,16H,5-7,9-10,13H2,1-4H3. The number of nitrogens with zero attached hydrogens (tertiary/aromatic N) is 2. The fourth-order valence-corrected chi connectivity index (χ4v) is 6.09. The van der Waals surface area contributed by atoms with Crippen molar-refractivity contribution in [3.05, 3.63) is 41.1 Å². The highest BCUT2D eigenvalue weighted by Crippen LogP contribution is 2.35. The molecule has 0 atom stereocenters. The van der Waals surface area contributed by atoms with Crippen LogP contribution in [-0.2, 0) is 28.4 Å². The average molecular weight is 409 g/mol. The summed E-state index contributed by atoms with van der Waals surface area (Å²) in [5.74, 6) is -0.0230. The summed E-state index contributed by atoms with van der Waals surface area (Å²) in [4.78, 5) is 12.7. The first-order valence-electron chi connectivity index (χ1n) is 9.66. The summed E-state index contributed by atoms with van der Waals surface area (Å²) in [6.07, 6.45) is 5.13. The highest BCUT2D eigenvalue weighted by molar-refractivity contribution is 7.89. The van der Waals surface area contributed by atoms with Crippen molar-refractivity contribution >= 4 is 16.0 Å². The molecular formula is C20H28N2O5S. The molecule has 1 fully saturated rings. The predicted molar refractivity (Wildman–Crippen MR) is 105 cm³/mol. The Bertz CT molecular complexity index is 938. The van der Waals surface area contributed by atoms with Gasteiger partial charge in [-0.25, -0.2) is 13.2 Å². The van der Waals surface area contributed by atoms with Crippen molar-refractivity contribution < 1.29 is 22.4 Å². The highest BCUT2D eigenvalue weighted by atomic mass is 32.2. The lowest BCUT2D eigenvalue weighted by atomic mass is 10.2. The molecular weight excluding hydrogens is 380 g/mol. The van der Waals surface area contributed by atoms with Gasteiger partial charge in [-0.2, -0.15) is 4.31 Å². The van der Waals surface area contributed by atoms with Crippen LogP contribution in [0.4, 0.5) is 0 Å². The number of aromatic nitrogens is 1. The molecule has 0 radical (unpaired) electrons. The third-order valence-corrected chi connectivity index (χ3v) is 7.65. The molecule has 8 heteroatoms. The minimum Gasteiger partial charge on any atom is -0.468 e. The second-order valence-corrected chi connectivity index (χ2v) is 9.05. The van der Waals surface area contributed by atoms with Crippen molar-refractivity contribution in [1.82, 2.24) is 8.87 Å². The Hall–Kier alpha value is -2.06. The zero-order valence-corrected chi connectivity index (χ0v) is 17.7. The highest BCUT2D eigenvalue weighted by Gasteiger charge is 2.39. The van der Waals surface area contributed by atoms with Crippen LogP contribution in [-0.4, -0.2) is 35.9 Å². The van der Waals surface area contributed by atoms with E-state index in [0.717, 1.165) is 25.7 Å². The largest absolute Gasteiger partial charge is 0.468 e. The molecule has 0 aliphatic heterocycles. The van der Waals surface area contributed by atoms with Crippen molar-refractivity contribution in [2.45, 2.75) is 63.9 Å². The number of carbonyl (C=O) groups excluding carboxylic acids is 1. The topological polar surface area (TPSA) is 81.8 Å². The molecule has 0 saturated heterocycles. The Morgan fingerprint density at radius 1 is 1.29 bits per heavy atom. The fraction of sp³-hybridized carbons (Fsp3) is 0.550. The molecule has 2 heterocycles. The number of ether oxygens (including phenoxy) is 1. The summed E-state index contributed by atoms with van der Waals surface area (Å²) in [6.45, 7) is 5.51. The first-order chi connectivity index (χ1) is 13.3. The van der Waals surface area contributed by atoms with Gasteiger partial charge in [-0.05, 0) is 45.7 Å². The van der Waals surface area contributed by atoms with Gasteiger partial charge in [0.05, 0.1) is 19.4 Å². The van der Waals surface area contributed by atoms with Gasteiger partial charge in [0, 0.05) is 24.5 Å². The van der Waals surface area contributed by atoms with Crippen LogP contribution < -0.4 is 0 Å². The van der Waals surface area contributed by atoms with E-state index in [2.05, 4.69) is 0 Å². The van der Waals surface area contributed by atoms with Crippen molar-refractivity contribution in [3.63, 3.8) is 0 Å². The minimum absolute atomic E-state index is 0.0457. The van der Waals surface area contributed by atoms with Gasteiger partial charge in [-0.1, -0.05) is 12.8 Å². The molecule has 0 spiro atoms. The number of hydrogen-bond donors (Lipinski definition) is 0. The van der Waals surface area contributed by atoms with Crippen LogP contribution >= 0.6 is 0 Å². The lowest BCUT2D eigenvalue weighted by molar-refractivity contribution is 0.0521. The molecule has 1 aliphatic rings. The average Bonchev–Trinajstić information content (AvgIpc) is 3.38. The van der Waals surface area contributed by atoms with Gasteiger partial charge in [0.2, 0.25) is 10.0 Å². The van der Waals surface area contributed by atoms with Crippen LogP contribution in [0.5, 0.6) is 0 Å². The zero-order valence-electron chi connectivity index (χ0n) is 16.9. The summed E-state index contributed by atoms with van der Waals surface area (Å²) in [6, 6.07) is 3.41. The van der Waals surface area contributed by atoms with Crippen LogP contribution in [0.25, 0.3) is 0 Å². The number of rotatable bonds is 7. The number of furan rings is 1. The maximum Gasteiger partial charge on any atom is 0.341 e. The molecule has 2 aromatic rings. The van der Waals surface area contributed by atoms with Gasteiger partial charge in [0.1, 0.15) is 16.2 Å². The van der Waals surface area contributed by atoms with Gasteiger partial charge >= 0.3 is 5.97 Å². The van der Waals surface area contributed by atoms with Crippen molar-refractivity contribution in [2.75, 3.05) is 6.61 Å². The molecule has 7 nitrogen and oxygen atoms in total. The lowest BCUT2D eigenvalue weighted by Crippen LogP contribution is -2.39. The normalized spacial score (nSPS) is 15.5. The third kappa shape index (κ3) is 3.63. The van der Waals surface area contributed by atoms with Crippen LogP contribution in [0.3, 0.4) is 0 Å². The van der Waals surface area contributed by atoms with E-state index in [-0.39, 0.29) is 29.7 Å². The summed E-state index contributed by atoms with van der Waals surface area (Å²) in [5, 5.41) is 0. The Labute approximate surface area is 166 Å². The van der Waals surface area contributed by atoms with Crippen molar-refractivity contribution in [1.29, 1.82) is 0 Å². The Balaban J connectivity index is 2.13. The molecule has 0 unspecified atom stereocenters. The van der Waals surface area contributed by atoms with Crippen molar-refractivity contribution in [3.8, 4) is 0 Å². The first kappa shape index (κ1) is 20.7. The van der Waals surface area contributed by atoms with Crippen LogP contribution in [0.15, 0.2) is 27.7 Å². The summed E-state index contributed by atoms with van der Waals surface area (Å²) in [7, 11) is -2.17. The SMILES string of the molecule is CCOC(=O)c1c(S(=O)(=O)N(Cc2ccco2)C2CCCC2)c(C)n(C)c1C. The Morgan fingerprint density at radius 2 is 1.96 bits per heavy atom. The van der Waals surface area contributed by atoms with E-state index in [1.165, 1.54) is 10.6 Å².